The van der Waals surface area contributed by atoms with Crippen molar-refractivity contribution in [2.45, 2.75) is 25.4 Å². The van der Waals surface area contributed by atoms with E-state index in [0.29, 0.717) is 17.5 Å². The maximum Gasteiger partial charge on any atom is 0.260 e. The number of nitrogens with one attached hydrogen (secondary N) is 1. The van der Waals surface area contributed by atoms with Crippen LogP contribution in [0.1, 0.15) is 18.4 Å². The van der Waals surface area contributed by atoms with Gasteiger partial charge in [-0.2, -0.15) is 0 Å². The van der Waals surface area contributed by atoms with Gasteiger partial charge in [0.15, 0.2) is 18.1 Å². The maximum atomic E-state index is 12.0. The zero-order chi connectivity index (χ0) is 15.4. The van der Waals surface area contributed by atoms with Crippen LogP contribution in [0.25, 0.3) is 0 Å². The molecule has 1 amide bonds. The molecule has 6 heteroatoms. The van der Waals surface area contributed by atoms with Gasteiger partial charge in [-0.05, 0) is 53.5 Å². The molecule has 0 aliphatic heterocycles. The van der Waals surface area contributed by atoms with Crippen molar-refractivity contribution in [1.29, 1.82) is 0 Å². The molecule has 116 valence electrons. The SMILES string of the molecule is CNCc1cc(Br)c(OCC(=O)N(C)C2CC2)c(OC)c1. The summed E-state index contributed by atoms with van der Waals surface area (Å²) in [4.78, 5) is 13.8. The second-order valence-corrected chi connectivity index (χ2v) is 6.02. The second kappa shape index (κ2) is 7.13. The van der Waals surface area contributed by atoms with Gasteiger partial charge in [-0.25, -0.2) is 0 Å². The predicted molar refractivity (Wildman–Crippen MR) is 84.7 cm³/mol. The molecule has 1 aromatic rings. The molecule has 1 aliphatic carbocycles. The number of methoxy groups -OCH3 is 1. The molecule has 1 N–H and O–H groups in total. The molecule has 1 fully saturated rings. The third-order valence-corrected chi connectivity index (χ3v) is 4.09. The van der Waals surface area contributed by atoms with Crippen molar-refractivity contribution < 1.29 is 14.3 Å². The van der Waals surface area contributed by atoms with Gasteiger partial charge in [-0.15, -0.1) is 0 Å². The Balaban J connectivity index is 2.06. The highest BCUT2D eigenvalue weighted by molar-refractivity contribution is 9.10. The molecule has 2 rings (SSSR count). The lowest BCUT2D eigenvalue weighted by molar-refractivity contribution is -0.132. The average Bonchev–Trinajstić information content (AvgIpc) is 3.29. The van der Waals surface area contributed by atoms with Gasteiger partial charge in [-0.3, -0.25) is 4.79 Å². The van der Waals surface area contributed by atoms with Crippen molar-refractivity contribution in [2.75, 3.05) is 27.8 Å². The molecule has 0 aromatic heterocycles. The first-order valence-electron chi connectivity index (χ1n) is 6.96. The van der Waals surface area contributed by atoms with Crippen LogP contribution in [0.15, 0.2) is 16.6 Å². The largest absolute Gasteiger partial charge is 0.493 e. The van der Waals surface area contributed by atoms with Crippen molar-refractivity contribution in [3.05, 3.63) is 22.2 Å². The molecule has 0 atom stereocenters. The first kappa shape index (κ1) is 16.1. The van der Waals surface area contributed by atoms with Crippen LogP contribution in [0.4, 0.5) is 0 Å². The van der Waals surface area contributed by atoms with E-state index in [2.05, 4.69) is 21.2 Å². The minimum atomic E-state index is -0.00856. The molecule has 1 aliphatic rings. The van der Waals surface area contributed by atoms with Gasteiger partial charge in [0.1, 0.15) is 0 Å². The average molecular weight is 357 g/mol. The van der Waals surface area contributed by atoms with Crippen LogP contribution < -0.4 is 14.8 Å². The Morgan fingerprint density at radius 1 is 1.48 bits per heavy atom. The van der Waals surface area contributed by atoms with Gasteiger partial charge in [0, 0.05) is 19.6 Å². The summed E-state index contributed by atoms with van der Waals surface area (Å²) in [5.74, 6) is 1.18. The minimum Gasteiger partial charge on any atom is -0.493 e. The smallest absolute Gasteiger partial charge is 0.260 e. The van der Waals surface area contributed by atoms with Crippen LogP contribution in [0.3, 0.4) is 0 Å². The van der Waals surface area contributed by atoms with Gasteiger partial charge in [0.25, 0.3) is 5.91 Å². The van der Waals surface area contributed by atoms with Crippen molar-refractivity contribution >= 4 is 21.8 Å². The van der Waals surface area contributed by atoms with E-state index < -0.39 is 0 Å². The summed E-state index contributed by atoms with van der Waals surface area (Å²) >= 11 is 3.48. The molecule has 1 saturated carbocycles. The Kier molecular flexibility index (Phi) is 5.47. The number of nitrogens with zero attached hydrogens (tertiary/aromatic N) is 1. The molecule has 1 aromatic carbocycles. The van der Waals surface area contributed by atoms with E-state index in [1.165, 1.54) is 0 Å². The third-order valence-electron chi connectivity index (χ3n) is 3.50. The van der Waals surface area contributed by atoms with Gasteiger partial charge in [-0.1, -0.05) is 0 Å². The fourth-order valence-corrected chi connectivity index (χ4v) is 2.72. The first-order chi connectivity index (χ1) is 10.1. The number of rotatable bonds is 7. The number of halogens is 1. The Morgan fingerprint density at radius 3 is 2.76 bits per heavy atom. The van der Waals surface area contributed by atoms with Crippen LogP contribution in [-0.2, 0) is 11.3 Å². The predicted octanol–water partition coefficient (Wildman–Crippen LogP) is 2.18. The van der Waals surface area contributed by atoms with Crippen LogP contribution in [0.2, 0.25) is 0 Å². The summed E-state index contributed by atoms with van der Waals surface area (Å²) in [5.41, 5.74) is 1.08. The standard InChI is InChI=1S/C15H21BrN2O3/c1-17-8-10-6-12(16)15(13(7-10)20-3)21-9-14(19)18(2)11-4-5-11/h6-7,11,17H,4-5,8-9H2,1-3H3. The number of benzene rings is 1. The molecule has 5 nitrogen and oxygen atoms in total. The topological polar surface area (TPSA) is 50.8 Å². The van der Waals surface area contributed by atoms with Crippen LogP contribution >= 0.6 is 15.9 Å². The first-order valence-corrected chi connectivity index (χ1v) is 7.75. The van der Waals surface area contributed by atoms with E-state index in [1.54, 1.807) is 12.0 Å². The van der Waals surface area contributed by atoms with Crippen molar-refractivity contribution in [2.24, 2.45) is 0 Å². The molecule has 0 heterocycles. The van der Waals surface area contributed by atoms with E-state index >= 15 is 0 Å². The minimum absolute atomic E-state index is 0.00856. The highest BCUT2D eigenvalue weighted by Gasteiger charge is 2.29. The van der Waals surface area contributed by atoms with Gasteiger partial charge in [0.2, 0.25) is 0 Å². The fraction of sp³-hybridized carbons (Fsp3) is 0.533. The zero-order valence-electron chi connectivity index (χ0n) is 12.6. The zero-order valence-corrected chi connectivity index (χ0v) is 14.2. The molecule has 0 saturated heterocycles. The van der Waals surface area contributed by atoms with Crippen molar-refractivity contribution in [3.8, 4) is 11.5 Å². The highest BCUT2D eigenvalue weighted by Crippen LogP contribution is 2.36. The molecular formula is C15H21BrN2O3. The number of hydrogen-bond acceptors (Lipinski definition) is 4. The van der Waals surface area contributed by atoms with Crippen molar-refractivity contribution in [3.63, 3.8) is 0 Å². The molecular weight excluding hydrogens is 336 g/mol. The van der Waals surface area contributed by atoms with Crippen molar-refractivity contribution in [1.82, 2.24) is 10.2 Å². The lowest BCUT2D eigenvalue weighted by atomic mass is 10.2. The lowest BCUT2D eigenvalue weighted by Crippen LogP contribution is -2.33. The Labute approximate surface area is 133 Å². The third kappa shape index (κ3) is 4.11. The van der Waals surface area contributed by atoms with Gasteiger partial charge < -0.3 is 19.7 Å². The molecule has 0 unspecified atom stereocenters. The monoisotopic (exact) mass is 356 g/mol. The summed E-state index contributed by atoms with van der Waals surface area (Å²) < 4.78 is 11.8. The number of likely N-dealkylation sites (N-methyl/N-ethyl adjacent to an activating group) is 1. The summed E-state index contributed by atoms with van der Waals surface area (Å²) in [6, 6.07) is 4.26. The van der Waals surface area contributed by atoms with Crippen LogP contribution in [0.5, 0.6) is 11.5 Å². The van der Waals surface area contributed by atoms with Gasteiger partial charge >= 0.3 is 0 Å². The van der Waals surface area contributed by atoms with Crippen LogP contribution in [-0.4, -0.2) is 44.7 Å². The lowest BCUT2D eigenvalue weighted by Gasteiger charge is -2.18. The Morgan fingerprint density at radius 2 is 2.19 bits per heavy atom. The van der Waals surface area contributed by atoms with Gasteiger partial charge in [0.05, 0.1) is 11.6 Å². The molecule has 21 heavy (non-hydrogen) atoms. The summed E-state index contributed by atoms with van der Waals surface area (Å²) in [6.45, 7) is 0.756. The summed E-state index contributed by atoms with van der Waals surface area (Å²) in [7, 11) is 5.30. The van der Waals surface area contributed by atoms with E-state index in [0.717, 1.165) is 29.4 Å². The van der Waals surface area contributed by atoms with E-state index in [1.807, 2.05) is 26.2 Å². The summed E-state index contributed by atoms with van der Waals surface area (Å²) in [5, 5.41) is 3.09. The molecule has 0 bridgehead atoms. The highest BCUT2D eigenvalue weighted by atomic mass is 79.9. The van der Waals surface area contributed by atoms with E-state index in [-0.39, 0.29) is 12.5 Å². The number of ether oxygens (including phenoxy) is 2. The fourth-order valence-electron chi connectivity index (χ4n) is 2.12. The summed E-state index contributed by atoms with van der Waals surface area (Å²) in [6.07, 6.45) is 2.18. The van der Waals surface area contributed by atoms with E-state index in [9.17, 15) is 4.79 Å². The normalized spacial score (nSPS) is 13.9. The van der Waals surface area contributed by atoms with E-state index in [4.69, 9.17) is 9.47 Å². The number of hydrogen-bond donors (Lipinski definition) is 1. The quantitative estimate of drug-likeness (QED) is 0.813. The number of carbonyl (C=O) groups is 1. The molecule has 0 spiro atoms. The van der Waals surface area contributed by atoms with Crippen LogP contribution in [0, 0.1) is 0 Å². The number of amides is 1. The second-order valence-electron chi connectivity index (χ2n) is 5.16. The maximum absolute atomic E-state index is 12.0. The Hall–Kier alpha value is -1.27. The number of carbonyl (C=O) groups excluding carboxylic acids is 1. The molecule has 0 radical (unpaired) electrons. The Bertz CT molecular complexity index is 518.